The molecule has 3 atom stereocenters. The van der Waals surface area contributed by atoms with Crippen molar-refractivity contribution in [3.63, 3.8) is 0 Å². The van der Waals surface area contributed by atoms with E-state index in [0.717, 1.165) is 55.6 Å². The summed E-state index contributed by atoms with van der Waals surface area (Å²) < 4.78 is 13.4. The van der Waals surface area contributed by atoms with Crippen LogP contribution in [-0.2, 0) is 11.3 Å². The summed E-state index contributed by atoms with van der Waals surface area (Å²) in [7, 11) is 0. The highest BCUT2D eigenvalue weighted by Crippen LogP contribution is 2.32. The van der Waals surface area contributed by atoms with Crippen molar-refractivity contribution in [2.75, 3.05) is 26.3 Å². The minimum Gasteiger partial charge on any atom is -0.494 e. The summed E-state index contributed by atoms with van der Waals surface area (Å²) in [6.07, 6.45) is 4.45. The third-order valence-corrected chi connectivity index (χ3v) is 6.71. The highest BCUT2D eigenvalue weighted by molar-refractivity contribution is 5.80. The van der Waals surface area contributed by atoms with E-state index in [9.17, 15) is 4.79 Å². The van der Waals surface area contributed by atoms with Crippen LogP contribution in [0.3, 0.4) is 0 Å². The molecule has 1 aromatic carbocycles. The van der Waals surface area contributed by atoms with Gasteiger partial charge in [-0.1, -0.05) is 6.92 Å². The molecule has 9 heteroatoms. The number of tetrazole rings is 1. The third kappa shape index (κ3) is 4.65. The maximum atomic E-state index is 13.3. The summed E-state index contributed by atoms with van der Waals surface area (Å²) in [5.74, 6) is 2.03. The molecule has 4 heterocycles. The first kappa shape index (κ1) is 22.0. The van der Waals surface area contributed by atoms with Crippen molar-refractivity contribution in [2.45, 2.75) is 58.2 Å². The normalized spacial score (nSPS) is 22.6. The van der Waals surface area contributed by atoms with Crippen LogP contribution < -0.4 is 10.3 Å². The van der Waals surface area contributed by atoms with E-state index in [-0.39, 0.29) is 17.7 Å². The molecular weight excluding hydrogens is 420 g/mol. The summed E-state index contributed by atoms with van der Waals surface area (Å²) in [5, 5.41) is 13.7. The number of H-pyrrole nitrogens is 1. The highest BCUT2D eigenvalue weighted by atomic mass is 16.5. The van der Waals surface area contributed by atoms with E-state index in [1.165, 1.54) is 6.42 Å². The molecule has 2 aliphatic rings. The van der Waals surface area contributed by atoms with Crippen molar-refractivity contribution < 1.29 is 9.47 Å². The average molecular weight is 453 g/mol. The minimum atomic E-state index is -0.326. The summed E-state index contributed by atoms with van der Waals surface area (Å²) in [4.78, 5) is 18.8. The number of benzene rings is 1. The van der Waals surface area contributed by atoms with Crippen molar-refractivity contribution in [3.05, 3.63) is 46.0 Å². The molecule has 0 amide bonds. The van der Waals surface area contributed by atoms with Gasteiger partial charge in [0.2, 0.25) is 0 Å². The summed E-state index contributed by atoms with van der Waals surface area (Å²) in [6, 6.07) is 7.40. The van der Waals surface area contributed by atoms with Crippen molar-refractivity contribution in [3.8, 4) is 5.75 Å². The van der Waals surface area contributed by atoms with Gasteiger partial charge < -0.3 is 14.5 Å². The first-order valence-corrected chi connectivity index (χ1v) is 12.0. The van der Waals surface area contributed by atoms with Crippen molar-refractivity contribution in [1.29, 1.82) is 0 Å². The first-order chi connectivity index (χ1) is 16.1. The first-order valence-electron chi connectivity index (χ1n) is 12.0. The van der Waals surface area contributed by atoms with Crippen LogP contribution in [0.5, 0.6) is 5.75 Å². The lowest BCUT2D eigenvalue weighted by atomic mass is 9.95. The molecule has 0 spiro atoms. The van der Waals surface area contributed by atoms with Gasteiger partial charge in [-0.2, -0.15) is 0 Å². The summed E-state index contributed by atoms with van der Waals surface area (Å²) in [5.41, 5.74) is 1.34. The molecule has 3 aromatic rings. The van der Waals surface area contributed by atoms with Crippen LogP contribution in [0.4, 0.5) is 0 Å². The number of nitrogens with zero attached hydrogens (tertiary/aromatic N) is 5. The van der Waals surface area contributed by atoms with Crippen LogP contribution in [0.25, 0.3) is 10.9 Å². The van der Waals surface area contributed by atoms with Gasteiger partial charge in [0.15, 0.2) is 5.82 Å². The zero-order valence-corrected chi connectivity index (χ0v) is 19.4. The average Bonchev–Trinajstić information content (AvgIpc) is 3.48. The Hall–Kier alpha value is -2.78. The second-order valence-electron chi connectivity index (χ2n) is 9.23. The number of ether oxygens (including phenoxy) is 2. The van der Waals surface area contributed by atoms with Crippen LogP contribution in [0, 0.1) is 5.92 Å². The van der Waals surface area contributed by atoms with Gasteiger partial charge >= 0.3 is 0 Å². The Balaban J connectivity index is 1.59. The second-order valence-corrected chi connectivity index (χ2v) is 9.23. The number of hydrogen-bond donors (Lipinski definition) is 1. The molecule has 2 saturated heterocycles. The Bertz CT molecular complexity index is 1150. The molecule has 0 saturated carbocycles. The number of aromatic nitrogens is 5. The lowest BCUT2D eigenvalue weighted by Crippen LogP contribution is -2.41. The standard InChI is InChI=1S/C24H32N6O3/c1-3-32-18-8-9-21-17(12-18)13-20(24(31)25-21)22(29-10-4-6-16(2)14-29)23-26-27-28-30(23)15-19-7-5-11-33-19/h8-9,12-13,16,19,22H,3-7,10-11,14-15H2,1-2H3,(H,25,31)/t16-,19+,22+/m1/s1. The van der Waals surface area contributed by atoms with E-state index in [1.807, 2.05) is 35.9 Å². The van der Waals surface area contributed by atoms with Gasteiger partial charge in [-0.3, -0.25) is 9.69 Å². The molecule has 0 radical (unpaired) electrons. The Morgan fingerprint density at radius 1 is 1.27 bits per heavy atom. The number of aromatic amines is 1. The number of likely N-dealkylation sites (tertiary alicyclic amines) is 1. The van der Waals surface area contributed by atoms with Gasteiger partial charge in [0.05, 0.1) is 19.3 Å². The molecule has 0 unspecified atom stereocenters. The van der Waals surface area contributed by atoms with Gasteiger partial charge in [0.1, 0.15) is 11.8 Å². The van der Waals surface area contributed by atoms with Gasteiger partial charge in [-0.05, 0) is 79.8 Å². The highest BCUT2D eigenvalue weighted by Gasteiger charge is 2.33. The van der Waals surface area contributed by atoms with Crippen LogP contribution >= 0.6 is 0 Å². The Labute approximate surface area is 193 Å². The molecule has 0 bridgehead atoms. The number of nitrogens with one attached hydrogen (secondary N) is 1. The topological polar surface area (TPSA) is 98.2 Å². The number of fused-ring (bicyclic) bond motifs is 1. The fourth-order valence-electron chi connectivity index (χ4n) is 5.14. The van der Waals surface area contributed by atoms with Crippen LogP contribution in [0.15, 0.2) is 29.1 Å². The Morgan fingerprint density at radius 3 is 2.97 bits per heavy atom. The fraction of sp³-hybridized carbons (Fsp3) is 0.583. The van der Waals surface area contributed by atoms with E-state index in [2.05, 4.69) is 32.3 Å². The Morgan fingerprint density at radius 2 is 2.18 bits per heavy atom. The molecule has 2 aliphatic heterocycles. The molecule has 2 fully saturated rings. The van der Waals surface area contributed by atoms with Crippen molar-refractivity contribution in [2.24, 2.45) is 5.92 Å². The van der Waals surface area contributed by atoms with Crippen LogP contribution in [0.2, 0.25) is 0 Å². The molecule has 5 rings (SSSR count). The number of pyridine rings is 1. The van der Waals surface area contributed by atoms with Crippen LogP contribution in [-0.4, -0.2) is 62.5 Å². The summed E-state index contributed by atoms with van der Waals surface area (Å²) in [6.45, 7) is 7.99. The molecule has 2 aromatic heterocycles. The fourth-order valence-corrected chi connectivity index (χ4v) is 5.14. The van der Waals surface area contributed by atoms with Gasteiger partial charge in [-0.25, -0.2) is 4.68 Å². The number of hydrogen-bond acceptors (Lipinski definition) is 7. The Kier molecular flexibility index (Phi) is 6.41. The zero-order valence-electron chi connectivity index (χ0n) is 19.4. The predicted molar refractivity (Wildman–Crippen MR) is 124 cm³/mol. The largest absolute Gasteiger partial charge is 0.494 e. The lowest BCUT2D eigenvalue weighted by Gasteiger charge is -2.36. The lowest BCUT2D eigenvalue weighted by molar-refractivity contribution is 0.0889. The van der Waals surface area contributed by atoms with Gasteiger partial charge in [0, 0.05) is 29.6 Å². The molecule has 1 N–H and O–H groups in total. The van der Waals surface area contributed by atoms with Crippen LogP contribution in [0.1, 0.15) is 57.0 Å². The van der Waals surface area contributed by atoms with Crippen molar-refractivity contribution in [1.82, 2.24) is 30.1 Å². The maximum absolute atomic E-state index is 13.3. The molecule has 9 nitrogen and oxygen atoms in total. The summed E-state index contributed by atoms with van der Waals surface area (Å²) >= 11 is 0. The van der Waals surface area contributed by atoms with Gasteiger partial charge in [-0.15, -0.1) is 5.10 Å². The second kappa shape index (κ2) is 9.61. The predicted octanol–water partition coefficient (Wildman–Crippen LogP) is 2.91. The minimum absolute atomic E-state index is 0.108. The zero-order chi connectivity index (χ0) is 22.8. The molecular formula is C24H32N6O3. The van der Waals surface area contributed by atoms with E-state index in [0.29, 0.717) is 30.5 Å². The maximum Gasteiger partial charge on any atom is 0.253 e. The third-order valence-electron chi connectivity index (χ3n) is 6.71. The number of piperidine rings is 1. The van der Waals surface area contributed by atoms with E-state index in [4.69, 9.17) is 9.47 Å². The molecule has 33 heavy (non-hydrogen) atoms. The smallest absolute Gasteiger partial charge is 0.253 e. The van der Waals surface area contributed by atoms with Gasteiger partial charge in [0.25, 0.3) is 5.56 Å². The van der Waals surface area contributed by atoms with E-state index in [1.54, 1.807) is 0 Å². The van der Waals surface area contributed by atoms with E-state index < -0.39 is 0 Å². The molecule has 0 aliphatic carbocycles. The molecule has 176 valence electrons. The SMILES string of the molecule is CCOc1ccc2[nH]c(=O)c([C@@H](c3nnnn3C[C@@H]3CCCO3)N3CCC[C@@H](C)C3)cc2c1. The van der Waals surface area contributed by atoms with E-state index >= 15 is 0 Å². The van der Waals surface area contributed by atoms with Crippen molar-refractivity contribution >= 4 is 10.9 Å². The number of rotatable bonds is 7. The quantitative estimate of drug-likeness (QED) is 0.588. The monoisotopic (exact) mass is 452 g/mol.